The van der Waals surface area contributed by atoms with Crippen LogP contribution in [0.2, 0.25) is 0 Å². The summed E-state index contributed by atoms with van der Waals surface area (Å²) < 4.78 is 4.92. The molecule has 1 fully saturated rings. The van der Waals surface area contributed by atoms with E-state index in [0.29, 0.717) is 12.2 Å². The summed E-state index contributed by atoms with van der Waals surface area (Å²) >= 11 is 0. The molecular weight excluding hydrogens is 262 g/mol. The molecule has 2 unspecified atom stereocenters. The Morgan fingerprint density at radius 1 is 1.50 bits per heavy atom. The Balaban J connectivity index is 2.15. The molecule has 0 saturated carbocycles. The smallest absolute Gasteiger partial charge is 0.312 e. The number of ether oxygens (including phenoxy) is 1. The van der Waals surface area contributed by atoms with Gasteiger partial charge in [0.25, 0.3) is 0 Å². The number of benzene rings is 1. The third-order valence-electron chi connectivity index (χ3n) is 3.50. The van der Waals surface area contributed by atoms with E-state index < -0.39 is 4.92 Å². The molecule has 0 bridgehead atoms. The third kappa shape index (κ3) is 2.88. The van der Waals surface area contributed by atoms with Crippen LogP contribution >= 0.6 is 0 Å². The number of hydrogen-bond acceptors (Lipinski definition) is 5. The summed E-state index contributed by atoms with van der Waals surface area (Å²) in [4.78, 5) is 22.5. The summed E-state index contributed by atoms with van der Waals surface area (Å²) in [6.45, 7) is 3.44. The number of methoxy groups -OCH3 is 1. The number of rotatable bonds is 4. The first-order valence-corrected chi connectivity index (χ1v) is 6.37. The number of nitro benzene ring substituents is 1. The number of nitrogens with one attached hydrogen (secondary N) is 2. The van der Waals surface area contributed by atoms with Gasteiger partial charge in [0.05, 0.1) is 18.0 Å². The van der Waals surface area contributed by atoms with Gasteiger partial charge < -0.3 is 15.4 Å². The number of nitrogens with zero attached hydrogens (tertiary/aromatic N) is 1. The van der Waals surface area contributed by atoms with E-state index in [0.717, 1.165) is 6.54 Å². The number of nitro groups is 1. The van der Waals surface area contributed by atoms with Crippen molar-refractivity contribution >= 4 is 17.3 Å². The molecule has 20 heavy (non-hydrogen) atoms. The van der Waals surface area contributed by atoms with Crippen LogP contribution in [0.1, 0.15) is 6.92 Å². The fourth-order valence-electron chi connectivity index (χ4n) is 2.31. The fraction of sp³-hybridized carbons (Fsp3) is 0.462. The molecule has 2 N–H and O–H groups in total. The van der Waals surface area contributed by atoms with Crippen molar-refractivity contribution in [1.82, 2.24) is 5.32 Å². The minimum absolute atomic E-state index is 0.115. The molecule has 1 amide bonds. The zero-order valence-corrected chi connectivity index (χ0v) is 11.4. The second-order valence-electron chi connectivity index (χ2n) is 4.88. The number of carbonyl (C=O) groups excluding carboxylic acids is 1. The molecule has 1 heterocycles. The average Bonchev–Trinajstić information content (AvgIpc) is 2.85. The van der Waals surface area contributed by atoms with Crippen LogP contribution in [0.4, 0.5) is 11.4 Å². The number of anilines is 1. The van der Waals surface area contributed by atoms with Crippen molar-refractivity contribution in [3.8, 4) is 5.75 Å². The first-order chi connectivity index (χ1) is 9.52. The molecule has 2 rings (SSSR count). The number of carbonyl (C=O) groups is 1. The van der Waals surface area contributed by atoms with Crippen LogP contribution in [0.15, 0.2) is 18.2 Å². The highest BCUT2D eigenvalue weighted by molar-refractivity contribution is 5.93. The first kappa shape index (κ1) is 14.3. The summed E-state index contributed by atoms with van der Waals surface area (Å²) in [5.41, 5.74) is 0.240. The summed E-state index contributed by atoms with van der Waals surface area (Å²) in [7, 11) is 1.37. The van der Waals surface area contributed by atoms with Crippen LogP contribution in [0, 0.1) is 22.0 Å². The van der Waals surface area contributed by atoms with Crippen molar-refractivity contribution in [3.05, 3.63) is 28.3 Å². The van der Waals surface area contributed by atoms with E-state index in [4.69, 9.17) is 4.74 Å². The van der Waals surface area contributed by atoms with Crippen molar-refractivity contribution in [2.45, 2.75) is 6.92 Å². The third-order valence-corrected chi connectivity index (χ3v) is 3.50. The van der Waals surface area contributed by atoms with E-state index in [-0.39, 0.29) is 29.2 Å². The monoisotopic (exact) mass is 279 g/mol. The Labute approximate surface area is 116 Å². The van der Waals surface area contributed by atoms with Crippen LogP contribution in [0.3, 0.4) is 0 Å². The highest BCUT2D eigenvalue weighted by Crippen LogP contribution is 2.30. The Hall–Kier alpha value is -2.15. The van der Waals surface area contributed by atoms with Gasteiger partial charge in [-0.2, -0.15) is 0 Å². The van der Waals surface area contributed by atoms with Crippen molar-refractivity contribution < 1.29 is 14.5 Å². The van der Waals surface area contributed by atoms with Crippen molar-refractivity contribution in [3.63, 3.8) is 0 Å². The van der Waals surface area contributed by atoms with Gasteiger partial charge in [0.15, 0.2) is 5.75 Å². The predicted octanol–water partition coefficient (Wildman–Crippen LogP) is 1.40. The first-order valence-electron chi connectivity index (χ1n) is 6.37. The fourth-order valence-corrected chi connectivity index (χ4v) is 2.31. The molecule has 7 heteroatoms. The van der Waals surface area contributed by atoms with Crippen LogP contribution in [0.25, 0.3) is 0 Å². The highest BCUT2D eigenvalue weighted by Gasteiger charge is 2.29. The lowest BCUT2D eigenvalue weighted by Crippen LogP contribution is -2.27. The molecular formula is C13H17N3O4. The van der Waals surface area contributed by atoms with Gasteiger partial charge in [0.2, 0.25) is 5.91 Å². The van der Waals surface area contributed by atoms with E-state index in [1.54, 1.807) is 6.07 Å². The minimum atomic E-state index is -0.533. The number of hydrogen-bond donors (Lipinski definition) is 2. The largest absolute Gasteiger partial charge is 0.490 e. The standard InChI is InChI=1S/C13H17N3O4/c1-8-6-14-7-10(8)13(17)15-9-3-4-12(20-2)11(5-9)16(18)19/h3-5,8,10,14H,6-7H2,1-2H3,(H,15,17). The normalized spacial score (nSPS) is 21.5. The van der Waals surface area contributed by atoms with Crippen molar-refractivity contribution in [2.24, 2.45) is 11.8 Å². The second kappa shape index (κ2) is 5.87. The van der Waals surface area contributed by atoms with Crippen LogP contribution < -0.4 is 15.4 Å². The van der Waals surface area contributed by atoms with Gasteiger partial charge in [0.1, 0.15) is 0 Å². The van der Waals surface area contributed by atoms with Gasteiger partial charge >= 0.3 is 5.69 Å². The van der Waals surface area contributed by atoms with E-state index in [1.165, 1.54) is 19.2 Å². The van der Waals surface area contributed by atoms with Gasteiger partial charge in [-0.25, -0.2) is 0 Å². The van der Waals surface area contributed by atoms with E-state index >= 15 is 0 Å². The minimum Gasteiger partial charge on any atom is -0.490 e. The molecule has 1 aromatic carbocycles. The molecule has 1 saturated heterocycles. The highest BCUT2D eigenvalue weighted by atomic mass is 16.6. The Morgan fingerprint density at radius 3 is 2.80 bits per heavy atom. The van der Waals surface area contributed by atoms with Gasteiger partial charge in [-0.15, -0.1) is 0 Å². The van der Waals surface area contributed by atoms with Crippen molar-refractivity contribution in [2.75, 3.05) is 25.5 Å². The lowest BCUT2D eigenvalue weighted by atomic mass is 9.97. The molecule has 7 nitrogen and oxygen atoms in total. The molecule has 0 aromatic heterocycles. The van der Waals surface area contributed by atoms with Crippen LogP contribution in [0.5, 0.6) is 5.75 Å². The second-order valence-corrected chi connectivity index (χ2v) is 4.88. The van der Waals surface area contributed by atoms with Crippen molar-refractivity contribution in [1.29, 1.82) is 0 Å². The summed E-state index contributed by atoms with van der Waals surface area (Å²) in [5.74, 6) is 0.185. The summed E-state index contributed by atoms with van der Waals surface area (Å²) in [6, 6.07) is 4.38. The Morgan fingerprint density at radius 2 is 2.25 bits per heavy atom. The maximum atomic E-state index is 12.1. The van der Waals surface area contributed by atoms with Gasteiger partial charge in [-0.1, -0.05) is 6.92 Å². The molecule has 1 aromatic rings. The maximum absolute atomic E-state index is 12.1. The zero-order chi connectivity index (χ0) is 14.7. The topological polar surface area (TPSA) is 93.5 Å². The molecule has 0 spiro atoms. The molecule has 1 aliphatic heterocycles. The molecule has 1 aliphatic rings. The van der Waals surface area contributed by atoms with E-state index in [2.05, 4.69) is 10.6 Å². The average molecular weight is 279 g/mol. The van der Waals surface area contributed by atoms with E-state index in [9.17, 15) is 14.9 Å². The zero-order valence-electron chi connectivity index (χ0n) is 11.4. The maximum Gasteiger partial charge on any atom is 0.312 e. The summed E-state index contributed by atoms with van der Waals surface area (Å²) in [6.07, 6.45) is 0. The van der Waals surface area contributed by atoms with Gasteiger partial charge in [-0.3, -0.25) is 14.9 Å². The molecule has 0 radical (unpaired) electrons. The SMILES string of the molecule is COc1ccc(NC(=O)C2CNCC2C)cc1[N+](=O)[O-]. The van der Waals surface area contributed by atoms with Gasteiger partial charge in [0, 0.05) is 18.3 Å². The number of amides is 1. The van der Waals surface area contributed by atoms with Crippen LogP contribution in [-0.2, 0) is 4.79 Å². The molecule has 108 valence electrons. The van der Waals surface area contributed by atoms with E-state index in [1.807, 2.05) is 6.92 Å². The summed E-state index contributed by atoms with van der Waals surface area (Å²) in [5, 5.41) is 16.8. The lowest BCUT2D eigenvalue weighted by molar-refractivity contribution is -0.385. The quantitative estimate of drug-likeness (QED) is 0.642. The predicted molar refractivity (Wildman–Crippen MR) is 73.8 cm³/mol. The molecule has 0 aliphatic carbocycles. The van der Waals surface area contributed by atoms with Crippen LogP contribution in [-0.4, -0.2) is 31.0 Å². The van der Waals surface area contributed by atoms with Gasteiger partial charge in [-0.05, 0) is 24.6 Å². The Bertz CT molecular complexity index is 532. The molecule has 2 atom stereocenters. The lowest BCUT2D eigenvalue weighted by Gasteiger charge is -2.14. The Kier molecular flexibility index (Phi) is 4.19.